The molecule has 3 rings (SSSR count). The summed E-state index contributed by atoms with van der Waals surface area (Å²) in [5.74, 6) is -0.495. The van der Waals surface area contributed by atoms with Gasteiger partial charge in [-0.2, -0.15) is 0 Å². The summed E-state index contributed by atoms with van der Waals surface area (Å²) in [6, 6.07) is 15.3. The van der Waals surface area contributed by atoms with E-state index in [1.54, 1.807) is 12.3 Å². The maximum atomic E-state index is 12.3. The molecule has 0 saturated heterocycles. The van der Waals surface area contributed by atoms with E-state index in [0.29, 0.717) is 5.69 Å². The van der Waals surface area contributed by atoms with E-state index in [1.165, 1.54) is 18.5 Å². The van der Waals surface area contributed by atoms with Crippen molar-refractivity contribution in [2.24, 2.45) is 0 Å². The first-order valence-corrected chi connectivity index (χ1v) is 10.2. The normalized spacial score (nSPS) is 12.5. The van der Waals surface area contributed by atoms with Crippen molar-refractivity contribution < 1.29 is 4.79 Å². The highest BCUT2D eigenvalue weighted by Gasteiger charge is 2.34. The Kier molecular flexibility index (Phi) is 7.44. The van der Waals surface area contributed by atoms with Crippen LogP contribution in [0.2, 0.25) is 0 Å². The van der Waals surface area contributed by atoms with Crippen LogP contribution in [0.4, 0.5) is 5.69 Å². The minimum Gasteiger partial charge on any atom is -0.339 e. The Balaban J connectivity index is 1.68. The van der Waals surface area contributed by atoms with Crippen molar-refractivity contribution in [3.8, 4) is 0 Å². The summed E-state index contributed by atoms with van der Waals surface area (Å²) in [6.07, 6.45) is 4.64. The first kappa shape index (κ1) is 22.2. The molecule has 0 aliphatic carbocycles. The molecule has 0 radical (unpaired) electrons. The predicted octanol–water partition coefficient (Wildman–Crippen LogP) is 4.44. The minimum atomic E-state index is -1.86. The van der Waals surface area contributed by atoms with Gasteiger partial charge in [0.05, 0.1) is 5.69 Å². The number of anilines is 1. The van der Waals surface area contributed by atoms with Gasteiger partial charge in [-0.15, -0.1) is 0 Å². The largest absolute Gasteiger partial charge is 0.339 e. The van der Waals surface area contributed by atoms with E-state index in [1.807, 2.05) is 42.5 Å². The zero-order valence-corrected chi connectivity index (χ0v) is 18.4. The Bertz CT molecular complexity index is 1070. The van der Waals surface area contributed by atoms with Crippen molar-refractivity contribution in [2.75, 3.05) is 5.32 Å². The fourth-order valence-corrected chi connectivity index (χ4v) is 3.13. The molecule has 1 atom stereocenters. The second kappa shape index (κ2) is 10.0. The first-order valence-electron chi connectivity index (χ1n) is 8.69. The number of hydrogen-bond donors (Lipinski definition) is 3. The highest BCUT2D eigenvalue weighted by molar-refractivity contribution is 7.80. The Morgan fingerprint density at radius 1 is 1.07 bits per heavy atom. The van der Waals surface area contributed by atoms with Crippen LogP contribution in [-0.4, -0.2) is 30.9 Å². The smallest absolute Gasteiger partial charge is 0.245 e. The number of benzene rings is 2. The molecule has 6 nitrogen and oxygen atoms in total. The van der Waals surface area contributed by atoms with E-state index in [4.69, 9.17) is 47.0 Å². The van der Waals surface area contributed by atoms with E-state index in [-0.39, 0.29) is 5.11 Å². The van der Waals surface area contributed by atoms with Crippen molar-refractivity contribution in [3.63, 3.8) is 0 Å². The Morgan fingerprint density at radius 2 is 1.83 bits per heavy atom. The molecule has 10 heteroatoms. The molecule has 1 amide bonds. The fourth-order valence-electron chi connectivity index (χ4n) is 2.57. The Labute approximate surface area is 193 Å². The number of nitrogens with zero attached hydrogens (tertiary/aromatic N) is 2. The van der Waals surface area contributed by atoms with E-state index in [2.05, 4.69) is 25.9 Å². The monoisotopic (exact) mass is 479 g/mol. The molecule has 0 spiro atoms. The molecule has 30 heavy (non-hydrogen) atoms. The van der Waals surface area contributed by atoms with Gasteiger partial charge in [-0.3, -0.25) is 4.79 Å². The molecule has 0 aliphatic heterocycles. The number of thiocarbonyl (C=S) groups is 1. The molecule has 0 saturated carbocycles. The number of nitrogens with one attached hydrogen (secondary N) is 3. The minimum absolute atomic E-state index is 0.183. The van der Waals surface area contributed by atoms with Gasteiger partial charge in [-0.05, 0) is 35.8 Å². The molecule has 2 aromatic carbocycles. The summed E-state index contributed by atoms with van der Waals surface area (Å²) < 4.78 is -1.86. The van der Waals surface area contributed by atoms with Crippen LogP contribution in [0.25, 0.3) is 16.8 Å². The van der Waals surface area contributed by atoms with Crippen LogP contribution in [0.1, 0.15) is 5.69 Å². The summed E-state index contributed by atoms with van der Waals surface area (Å²) in [5.41, 5.74) is 1.34. The van der Waals surface area contributed by atoms with E-state index < -0.39 is 15.9 Å². The van der Waals surface area contributed by atoms with Gasteiger partial charge in [0.1, 0.15) is 12.5 Å². The van der Waals surface area contributed by atoms with Crippen molar-refractivity contribution in [1.82, 2.24) is 20.6 Å². The number of hydrogen-bond acceptors (Lipinski definition) is 4. The topological polar surface area (TPSA) is 78.9 Å². The summed E-state index contributed by atoms with van der Waals surface area (Å²) in [4.78, 5) is 20.1. The zero-order valence-electron chi connectivity index (χ0n) is 15.4. The van der Waals surface area contributed by atoms with Gasteiger partial charge in [-0.25, -0.2) is 9.97 Å². The van der Waals surface area contributed by atoms with E-state index in [9.17, 15) is 4.79 Å². The van der Waals surface area contributed by atoms with Gasteiger partial charge < -0.3 is 16.0 Å². The Hall–Kier alpha value is -2.45. The number of halogens is 3. The van der Waals surface area contributed by atoms with Crippen LogP contribution < -0.4 is 16.0 Å². The average molecular weight is 481 g/mol. The summed E-state index contributed by atoms with van der Waals surface area (Å²) in [6.45, 7) is 0. The van der Waals surface area contributed by atoms with Crippen LogP contribution in [0.15, 0.2) is 67.1 Å². The molecule has 0 bridgehead atoms. The van der Waals surface area contributed by atoms with Gasteiger partial charge in [-0.1, -0.05) is 71.2 Å². The molecular formula is C20H16Cl3N5OS. The van der Waals surface area contributed by atoms with Gasteiger partial charge in [0, 0.05) is 23.3 Å². The molecule has 0 fully saturated rings. The quantitative estimate of drug-likeness (QED) is 0.217. The van der Waals surface area contributed by atoms with Crippen molar-refractivity contribution >= 4 is 80.6 Å². The molecule has 3 aromatic rings. The third kappa shape index (κ3) is 6.27. The maximum absolute atomic E-state index is 12.3. The number of fused-ring (bicyclic) bond motifs is 1. The summed E-state index contributed by atoms with van der Waals surface area (Å²) in [5, 5.41) is 10.7. The molecule has 154 valence electrons. The number of aromatic nitrogens is 2. The average Bonchev–Trinajstić information content (AvgIpc) is 2.72. The van der Waals surface area contributed by atoms with Crippen molar-refractivity contribution in [2.45, 2.75) is 9.96 Å². The summed E-state index contributed by atoms with van der Waals surface area (Å²) >= 11 is 23.4. The molecule has 3 N–H and O–H groups in total. The third-order valence-electron chi connectivity index (χ3n) is 3.94. The van der Waals surface area contributed by atoms with Crippen LogP contribution >= 0.6 is 47.0 Å². The van der Waals surface area contributed by atoms with Crippen LogP contribution in [0.3, 0.4) is 0 Å². The summed E-state index contributed by atoms with van der Waals surface area (Å²) in [7, 11) is 0. The molecule has 1 aromatic heterocycles. The SMILES string of the molecule is O=C(/C=C/c1ccncn1)NC(NC(=S)Nc1cccc2ccccc12)C(Cl)(Cl)Cl. The van der Waals surface area contributed by atoms with E-state index in [0.717, 1.165) is 16.5 Å². The lowest BCUT2D eigenvalue weighted by atomic mass is 10.1. The van der Waals surface area contributed by atoms with Crippen LogP contribution in [0.5, 0.6) is 0 Å². The van der Waals surface area contributed by atoms with Gasteiger partial charge >= 0.3 is 0 Å². The molecule has 0 aliphatic rings. The lowest BCUT2D eigenvalue weighted by Crippen LogP contribution is -2.55. The Morgan fingerprint density at radius 3 is 2.57 bits per heavy atom. The number of carbonyl (C=O) groups is 1. The predicted molar refractivity (Wildman–Crippen MR) is 127 cm³/mol. The first-order chi connectivity index (χ1) is 14.3. The zero-order chi connectivity index (χ0) is 21.6. The standard InChI is InChI=1S/C20H16Cl3N5OS/c21-20(22,23)18(27-17(29)9-8-14-10-11-24-12-25-14)28-19(30)26-16-7-3-5-13-4-1-2-6-15(13)16/h1-12,18H,(H,27,29)(H2,26,28,30)/b9-8+. The van der Waals surface area contributed by atoms with Crippen LogP contribution in [0, 0.1) is 0 Å². The number of rotatable bonds is 5. The van der Waals surface area contributed by atoms with Gasteiger partial charge in [0.25, 0.3) is 0 Å². The highest BCUT2D eigenvalue weighted by Crippen LogP contribution is 2.29. The van der Waals surface area contributed by atoms with Gasteiger partial charge in [0.2, 0.25) is 9.70 Å². The fraction of sp³-hybridized carbons (Fsp3) is 0.100. The van der Waals surface area contributed by atoms with Gasteiger partial charge in [0.15, 0.2) is 5.11 Å². The highest BCUT2D eigenvalue weighted by atomic mass is 35.6. The molecule has 1 unspecified atom stereocenters. The van der Waals surface area contributed by atoms with Crippen molar-refractivity contribution in [1.29, 1.82) is 0 Å². The maximum Gasteiger partial charge on any atom is 0.245 e. The lowest BCUT2D eigenvalue weighted by Gasteiger charge is -2.27. The van der Waals surface area contributed by atoms with Crippen molar-refractivity contribution in [3.05, 3.63) is 72.8 Å². The second-order valence-corrected chi connectivity index (χ2v) is 8.85. The van der Waals surface area contributed by atoms with Crippen LogP contribution in [-0.2, 0) is 4.79 Å². The number of amides is 1. The second-order valence-electron chi connectivity index (χ2n) is 6.08. The molecule has 1 heterocycles. The number of alkyl halides is 3. The number of carbonyl (C=O) groups excluding carboxylic acids is 1. The molecular weight excluding hydrogens is 465 g/mol. The lowest BCUT2D eigenvalue weighted by molar-refractivity contribution is -0.117. The third-order valence-corrected chi connectivity index (χ3v) is 4.81. The van der Waals surface area contributed by atoms with E-state index >= 15 is 0 Å².